The minimum Gasteiger partial charge on any atom is -0.357 e. The second-order valence-corrected chi connectivity index (χ2v) is 7.45. The number of rotatable bonds is 0. The maximum absolute atomic E-state index is 6.22. The Bertz CT molecular complexity index is 722. The number of piperidine rings is 1. The van der Waals surface area contributed by atoms with Gasteiger partial charge in [-0.15, -0.1) is 0 Å². The molecule has 116 valence electrons. The van der Waals surface area contributed by atoms with Gasteiger partial charge in [0.25, 0.3) is 0 Å². The first-order valence-electron chi connectivity index (χ1n) is 8.61. The average molecular weight is 316 g/mol. The molecule has 0 radical (unpaired) electrons. The number of halogens is 1. The number of fused-ring (bicyclic) bond motifs is 7. The van der Waals surface area contributed by atoms with Gasteiger partial charge in [-0.25, -0.2) is 0 Å². The molecule has 4 heteroatoms. The van der Waals surface area contributed by atoms with Gasteiger partial charge in [-0.1, -0.05) is 11.6 Å². The summed E-state index contributed by atoms with van der Waals surface area (Å²) in [6.07, 6.45) is 7.19. The van der Waals surface area contributed by atoms with Gasteiger partial charge in [-0.3, -0.25) is 9.80 Å². The molecule has 1 aromatic heterocycles. The Hall–Kier alpha value is -1.03. The van der Waals surface area contributed by atoms with E-state index in [0.717, 1.165) is 11.4 Å². The molecule has 2 fully saturated rings. The Balaban J connectivity index is 1.58. The van der Waals surface area contributed by atoms with Crippen LogP contribution in [0.5, 0.6) is 0 Å². The van der Waals surface area contributed by atoms with E-state index in [1.165, 1.54) is 67.5 Å². The Labute approximate surface area is 136 Å². The SMILES string of the molecule is Clc1ccc2[nH]c3c(c2c1)CCN1[C@@H]3CCN2CCCC[C@H]21. The van der Waals surface area contributed by atoms with Crippen LogP contribution in [0.4, 0.5) is 0 Å². The first-order chi connectivity index (χ1) is 10.8. The number of aromatic nitrogens is 1. The van der Waals surface area contributed by atoms with Gasteiger partial charge in [-0.2, -0.15) is 0 Å². The number of hydrogen-bond donors (Lipinski definition) is 1. The van der Waals surface area contributed by atoms with Gasteiger partial charge in [0, 0.05) is 34.7 Å². The Morgan fingerprint density at radius 1 is 1.09 bits per heavy atom. The fraction of sp³-hybridized carbons (Fsp3) is 0.556. The highest BCUT2D eigenvalue weighted by atomic mass is 35.5. The molecule has 3 aliphatic rings. The summed E-state index contributed by atoms with van der Waals surface area (Å²) in [7, 11) is 0. The molecule has 3 nitrogen and oxygen atoms in total. The zero-order chi connectivity index (χ0) is 14.7. The Morgan fingerprint density at radius 2 is 2.05 bits per heavy atom. The molecule has 1 aromatic carbocycles. The van der Waals surface area contributed by atoms with Gasteiger partial charge in [-0.05, 0) is 62.4 Å². The molecule has 2 aromatic rings. The number of benzene rings is 1. The van der Waals surface area contributed by atoms with E-state index in [1.807, 2.05) is 6.07 Å². The van der Waals surface area contributed by atoms with E-state index in [9.17, 15) is 0 Å². The maximum atomic E-state index is 6.22. The lowest BCUT2D eigenvalue weighted by Crippen LogP contribution is -2.58. The van der Waals surface area contributed by atoms with Gasteiger partial charge in [0.2, 0.25) is 0 Å². The van der Waals surface area contributed by atoms with Crippen molar-refractivity contribution < 1.29 is 0 Å². The summed E-state index contributed by atoms with van der Waals surface area (Å²) < 4.78 is 0. The van der Waals surface area contributed by atoms with Crippen LogP contribution in [-0.4, -0.2) is 40.6 Å². The van der Waals surface area contributed by atoms with E-state index in [1.54, 1.807) is 0 Å². The molecular weight excluding hydrogens is 294 g/mol. The van der Waals surface area contributed by atoms with E-state index in [4.69, 9.17) is 11.6 Å². The summed E-state index contributed by atoms with van der Waals surface area (Å²) >= 11 is 6.22. The summed E-state index contributed by atoms with van der Waals surface area (Å²) in [4.78, 5) is 9.20. The lowest BCUT2D eigenvalue weighted by Gasteiger charge is -2.52. The third-order valence-electron chi connectivity index (χ3n) is 5.91. The van der Waals surface area contributed by atoms with Crippen molar-refractivity contribution in [2.45, 2.75) is 44.3 Å². The van der Waals surface area contributed by atoms with Crippen LogP contribution in [0.1, 0.15) is 43.0 Å². The summed E-state index contributed by atoms with van der Waals surface area (Å²) in [5.74, 6) is 0. The summed E-state index contributed by atoms with van der Waals surface area (Å²) in [6, 6.07) is 6.84. The number of nitrogens with one attached hydrogen (secondary N) is 1. The first-order valence-corrected chi connectivity index (χ1v) is 8.99. The van der Waals surface area contributed by atoms with Crippen molar-refractivity contribution in [2.24, 2.45) is 0 Å². The summed E-state index contributed by atoms with van der Waals surface area (Å²) in [6.45, 7) is 3.74. The largest absolute Gasteiger partial charge is 0.357 e. The predicted octanol–water partition coefficient (Wildman–Crippen LogP) is 3.94. The molecule has 22 heavy (non-hydrogen) atoms. The Morgan fingerprint density at radius 3 is 3.00 bits per heavy atom. The highest BCUT2D eigenvalue weighted by molar-refractivity contribution is 6.31. The number of H-pyrrole nitrogens is 1. The molecule has 5 rings (SSSR count). The second-order valence-electron chi connectivity index (χ2n) is 7.01. The number of hydrogen-bond acceptors (Lipinski definition) is 2. The van der Waals surface area contributed by atoms with Crippen LogP contribution in [0.25, 0.3) is 10.9 Å². The third kappa shape index (κ3) is 1.89. The Kier molecular flexibility index (Phi) is 3.04. The average Bonchev–Trinajstić information content (AvgIpc) is 2.92. The smallest absolute Gasteiger partial charge is 0.0628 e. The van der Waals surface area contributed by atoms with Crippen LogP contribution >= 0.6 is 11.6 Å². The van der Waals surface area contributed by atoms with Crippen LogP contribution in [0.3, 0.4) is 0 Å². The summed E-state index contributed by atoms with van der Waals surface area (Å²) in [5.41, 5.74) is 4.24. The van der Waals surface area contributed by atoms with Crippen molar-refractivity contribution in [3.63, 3.8) is 0 Å². The van der Waals surface area contributed by atoms with Gasteiger partial charge < -0.3 is 4.98 Å². The molecule has 0 aliphatic carbocycles. The van der Waals surface area contributed by atoms with Crippen molar-refractivity contribution in [2.75, 3.05) is 19.6 Å². The molecule has 0 bridgehead atoms. The zero-order valence-corrected chi connectivity index (χ0v) is 13.6. The molecule has 3 aliphatic heterocycles. The van der Waals surface area contributed by atoms with Crippen molar-refractivity contribution >= 4 is 22.5 Å². The van der Waals surface area contributed by atoms with Crippen LogP contribution in [0, 0.1) is 0 Å². The lowest BCUT2D eigenvalue weighted by molar-refractivity contribution is -0.0599. The molecule has 0 spiro atoms. The quantitative estimate of drug-likeness (QED) is 0.795. The predicted molar refractivity (Wildman–Crippen MR) is 90.3 cm³/mol. The molecule has 1 N–H and O–H groups in total. The number of aromatic amines is 1. The standard InChI is InChI=1S/C18H22ClN3/c19-12-4-5-15-14(11-12)13-6-10-22-16(18(13)20-15)7-9-21-8-2-1-3-17(21)22/h4-5,11,16-17,20H,1-3,6-10H2/t16-,17-/m1/s1. The second kappa shape index (κ2) is 4.98. The van der Waals surface area contributed by atoms with Gasteiger partial charge >= 0.3 is 0 Å². The zero-order valence-electron chi connectivity index (χ0n) is 12.8. The fourth-order valence-electron chi connectivity index (χ4n) is 4.92. The molecule has 2 atom stereocenters. The lowest BCUT2D eigenvalue weighted by atomic mass is 9.90. The fourth-order valence-corrected chi connectivity index (χ4v) is 5.09. The normalized spacial score (nSPS) is 29.1. The van der Waals surface area contributed by atoms with Crippen molar-refractivity contribution in [1.82, 2.24) is 14.8 Å². The van der Waals surface area contributed by atoms with Crippen LogP contribution in [0.15, 0.2) is 18.2 Å². The highest BCUT2D eigenvalue weighted by Gasteiger charge is 2.41. The van der Waals surface area contributed by atoms with E-state index < -0.39 is 0 Å². The van der Waals surface area contributed by atoms with E-state index in [0.29, 0.717) is 12.2 Å². The van der Waals surface area contributed by atoms with Gasteiger partial charge in [0.15, 0.2) is 0 Å². The minimum atomic E-state index is 0.578. The van der Waals surface area contributed by atoms with Crippen LogP contribution < -0.4 is 0 Å². The molecule has 4 heterocycles. The van der Waals surface area contributed by atoms with Crippen LogP contribution in [0.2, 0.25) is 5.02 Å². The van der Waals surface area contributed by atoms with Crippen molar-refractivity contribution in [3.05, 3.63) is 34.5 Å². The maximum Gasteiger partial charge on any atom is 0.0628 e. The molecule has 0 saturated carbocycles. The minimum absolute atomic E-state index is 0.578. The van der Waals surface area contributed by atoms with Crippen LogP contribution in [-0.2, 0) is 6.42 Å². The van der Waals surface area contributed by atoms with Gasteiger partial charge in [0.05, 0.1) is 12.2 Å². The van der Waals surface area contributed by atoms with Crippen molar-refractivity contribution in [3.8, 4) is 0 Å². The van der Waals surface area contributed by atoms with E-state index >= 15 is 0 Å². The topological polar surface area (TPSA) is 22.3 Å². The molecule has 2 saturated heterocycles. The first kappa shape index (κ1) is 13.4. The van der Waals surface area contributed by atoms with E-state index in [2.05, 4.69) is 26.9 Å². The van der Waals surface area contributed by atoms with Crippen molar-refractivity contribution in [1.29, 1.82) is 0 Å². The number of nitrogens with zero attached hydrogens (tertiary/aromatic N) is 2. The molecule has 0 unspecified atom stereocenters. The van der Waals surface area contributed by atoms with E-state index in [-0.39, 0.29) is 0 Å². The highest BCUT2D eigenvalue weighted by Crippen LogP contribution is 2.42. The van der Waals surface area contributed by atoms with Gasteiger partial charge in [0.1, 0.15) is 0 Å². The molecule has 0 amide bonds. The summed E-state index contributed by atoms with van der Waals surface area (Å²) in [5, 5.41) is 2.19. The molecular formula is C18H22ClN3. The monoisotopic (exact) mass is 315 g/mol. The third-order valence-corrected chi connectivity index (χ3v) is 6.14.